The van der Waals surface area contributed by atoms with Crippen LogP contribution in [0.5, 0.6) is 0 Å². The molecule has 0 unspecified atom stereocenters. The minimum atomic E-state index is 0.0731. The van der Waals surface area contributed by atoms with E-state index in [1.165, 1.54) is 0 Å². The minimum absolute atomic E-state index is 0.0731. The van der Waals surface area contributed by atoms with Crippen molar-refractivity contribution in [3.63, 3.8) is 0 Å². The Balaban J connectivity index is 2.02. The van der Waals surface area contributed by atoms with Gasteiger partial charge < -0.3 is 11.1 Å². The van der Waals surface area contributed by atoms with Crippen LogP contribution in [0.2, 0.25) is 0 Å². The molecule has 0 radical (unpaired) electrons. The average Bonchev–Trinajstić information content (AvgIpc) is 2.91. The minimum Gasteiger partial charge on any atom is -0.320 e. The number of rotatable bonds is 2. The quantitative estimate of drug-likeness (QED) is 0.774. The van der Waals surface area contributed by atoms with E-state index in [9.17, 15) is 4.79 Å². The Morgan fingerprint density at radius 1 is 1.50 bits per heavy atom. The van der Waals surface area contributed by atoms with Gasteiger partial charge in [0.05, 0.1) is 6.54 Å². The van der Waals surface area contributed by atoms with Crippen molar-refractivity contribution in [3.8, 4) is 11.8 Å². The van der Waals surface area contributed by atoms with Crippen LogP contribution in [-0.2, 0) is 4.79 Å². The molecule has 18 heavy (non-hydrogen) atoms. The van der Waals surface area contributed by atoms with Crippen molar-refractivity contribution in [1.82, 2.24) is 4.98 Å². The summed E-state index contributed by atoms with van der Waals surface area (Å²) in [5.74, 6) is 6.48. The molecule has 0 bridgehead atoms. The summed E-state index contributed by atoms with van der Waals surface area (Å²) in [4.78, 5) is 16.1. The Kier molecular flexibility index (Phi) is 4.32. The number of carbonyl (C=O) groups excluding carboxylic acids is 1. The molecule has 1 aromatic rings. The molecule has 1 heterocycles. The summed E-state index contributed by atoms with van der Waals surface area (Å²) in [7, 11) is 0. The molecule has 1 aromatic heterocycles. The number of amides is 1. The molecule has 4 nitrogen and oxygen atoms in total. The number of nitrogens with zero attached hydrogens (tertiary/aromatic N) is 1. The molecule has 1 aliphatic rings. The fourth-order valence-corrected chi connectivity index (χ4v) is 2.15. The van der Waals surface area contributed by atoms with E-state index in [4.69, 9.17) is 5.73 Å². The van der Waals surface area contributed by atoms with Crippen LogP contribution >= 0.6 is 0 Å². The highest BCUT2D eigenvalue weighted by atomic mass is 16.1. The summed E-state index contributed by atoms with van der Waals surface area (Å²) in [5, 5.41) is 2.85. The molecule has 94 valence electrons. The molecule has 1 aliphatic carbocycles. The summed E-state index contributed by atoms with van der Waals surface area (Å²) in [6.45, 7) is 0.325. The second-order valence-electron chi connectivity index (χ2n) is 4.41. The van der Waals surface area contributed by atoms with Gasteiger partial charge in [-0.3, -0.25) is 4.79 Å². The fourth-order valence-electron chi connectivity index (χ4n) is 2.15. The van der Waals surface area contributed by atoms with Crippen LogP contribution in [0.4, 0.5) is 5.82 Å². The Morgan fingerprint density at radius 2 is 2.28 bits per heavy atom. The van der Waals surface area contributed by atoms with E-state index in [1.54, 1.807) is 18.3 Å². The van der Waals surface area contributed by atoms with Gasteiger partial charge in [-0.1, -0.05) is 24.7 Å². The SMILES string of the molecule is NCC#Cc1ccnc(NC(=O)C2CCCC2)c1. The Morgan fingerprint density at radius 3 is 3.00 bits per heavy atom. The zero-order valence-electron chi connectivity index (χ0n) is 10.3. The number of nitrogens with one attached hydrogen (secondary N) is 1. The average molecular weight is 243 g/mol. The lowest BCUT2D eigenvalue weighted by Crippen LogP contribution is -2.20. The predicted octanol–water partition coefficient (Wildman–Crippen LogP) is 1.52. The second-order valence-corrected chi connectivity index (χ2v) is 4.41. The van der Waals surface area contributed by atoms with E-state index in [0.717, 1.165) is 31.2 Å². The maximum absolute atomic E-state index is 11.9. The van der Waals surface area contributed by atoms with Gasteiger partial charge in [-0.15, -0.1) is 0 Å². The van der Waals surface area contributed by atoms with Crippen LogP contribution in [0.1, 0.15) is 31.2 Å². The normalized spacial score (nSPS) is 14.9. The Hall–Kier alpha value is -1.86. The largest absolute Gasteiger partial charge is 0.320 e. The molecule has 3 N–H and O–H groups in total. The Labute approximate surface area is 107 Å². The van der Waals surface area contributed by atoms with Crippen molar-refractivity contribution >= 4 is 11.7 Å². The zero-order valence-corrected chi connectivity index (χ0v) is 10.3. The standard InChI is InChI=1S/C14H17N3O/c15-8-3-4-11-7-9-16-13(10-11)17-14(18)12-5-1-2-6-12/h7,9-10,12H,1-2,5-6,8,15H2,(H,16,17,18). The first-order valence-corrected chi connectivity index (χ1v) is 6.25. The van der Waals surface area contributed by atoms with Crippen LogP contribution in [0.15, 0.2) is 18.3 Å². The third kappa shape index (κ3) is 3.31. The number of pyridine rings is 1. The first-order valence-electron chi connectivity index (χ1n) is 6.25. The van der Waals surface area contributed by atoms with E-state index >= 15 is 0 Å². The van der Waals surface area contributed by atoms with Crippen LogP contribution in [0, 0.1) is 17.8 Å². The topological polar surface area (TPSA) is 68.0 Å². The highest BCUT2D eigenvalue weighted by Crippen LogP contribution is 2.25. The number of hydrogen-bond donors (Lipinski definition) is 2. The van der Waals surface area contributed by atoms with Gasteiger partial charge in [0, 0.05) is 17.7 Å². The zero-order chi connectivity index (χ0) is 12.8. The number of nitrogens with two attached hydrogens (primary N) is 1. The van der Waals surface area contributed by atoms with Crippen molar-refractivity contribution in [2.45, 2.75) is 25.7 Å². The lowest BCUT2D eigenvalue weighted by atomic mass is 10.1. The van der Waals surface area contributed by atoms with Gasteiger partial charge in [0.1, 0.15) is 5.82 Å². The van der Waals surface area contributed by atoms with Crippen LogP contribution in [0.3, 0.4) is 0 Å². The third-order valence-electron chi connectivity index (χ3n) is 3.07. The van der Waals surface area contributed by atoms with Crippen molar-refractivity contribution in [1.29, 1.82) is 0 Å². The van der Waals surface area contributed by atoms with Gasteiger partial charge in [0.25, 0.3) is 0 Å². The summed E-state index contributed by atoms with van der Waals surface area (Å²) in [6.07, 6.45) is 5.91. The predicted molar refractivity (Wildman–Crippen MR) is 70.8 cm³/mol. The second kappa shape index (κ2) is 6.18. The van der Waals surface area contributed by atoms with E-state index in [1.807, 2.05) is 0 Å². The molecule has 0 aromatic carbocycles. The number of aromatic nitrogens is 1. The van der Waals surface area contributed by atoms with Gasteiger partial charge >= 0.3 is 0 Å². The summed E-state index contributed by atoms with van der Waals surface area (Å²) >= 11 is 0. The molecule has 0 atom stereocenters. The molecule has 4 heteroatoms. The smallest absolute Gasteiger partial charge is 0.228 e. The monoisotopic (exact) mass is 243 g/mol. The van der Waals surface area contributed by atoms with E-state index < -0.39 is 0 Å². The van der Waals surface area contributed by atoms with Crippen molar-refractivity contribution in [2.75, 3.05) is 11.9 Å². The maximum atomic E-state index is 11.9. The van der Waals surface area contributed by atoms with Gasteiger partial charge in [0.15, 0.2) is 0 Å². The number of carbonyl (C=O) groups is 1. The summed E-state index contributed by atoms with van der Waals surface area (Å²) in [5.41, 5.74) is 6.14. The van der Waals surface area contributed by atoms with Gasteiger partial charge in [0.2, 0.25) is 5.91 Å². The molecule has 2 rings (SSSR count). The molecule has 0 aliphatic heterocycles. The lowest BCUT2D eigenvalue weighted by molar-refractivity contribution is -0.119. The molecular formula is C14H17N3O. The van der Waals surface area contributed by atoms with E-state index in [2.05, 4.69) is 22.1 Å². The first kappa shape index (κ1) is 12.6. The maximum Gasteiger partial charge on any atom is 0.228 e. The van der Waals surface area contributed by atoms with Crippen molar-refractivity contribution in [3.05, 3.63) is 23.9 Å². The molecular weight excluding hydrogens is 226 g/mol. The molecule has 1 saturated carbocycles. The van der Waals surface area contributed by atoms with Crippen LogP contribution in [-0.4, -0.2) is 17.4 Å². The highest BCUT2D eigenvalue weighted by Gasteiger charge is 2.22. The van der Waals surface area contributed by atoms with Gasteiger partial charge in [-0.25, -0.2) is 4.98 Å². The summed E-state index contributed by atoms with van der Waals surface area (Å²) in [6, 6.07) is 3.57. The van der Waals surface area contributed by atoms with Crippen LogP contribution in [0.25, 0.3) is 0 Å². The van der Waals surface area contributed by atoms with E-state index in [-0.39, 0.29) is 11.8 Å². The van der Waals surface area contributed by atoms with Crippen LogP contribution < -0.4 is 11.1 Å². The molecule has 0 saturated heterocycles. The molecule has 0 spiro atoms. The molecule has 1 amide bonds. The highest BCUT2D eigenvalue weighted by molar-refractivity contribution is 5.91. The number of anilines is 1. The lowest BCUT2D eigenvalue weighted by Gasteiger charge is -2.09. The van der Waals surface area contributed by atoms with Gasteiger partial charge in [-0.2, -0.15) is 0 Å². The van der Waals surface area contributed by atoms with Gasteiger partial charge in [-0.05, 0) is 25.0 Å². The molecule has 1 fully saturated rings. The summed E-state index contributed by atoms with van der Waals surface area (Å²) < 4.78 is 0. The Bertz CT molecular complexity index is 481. The third-order valence-corrected chi connectivity index (χ3v) is 3.07. The number of hydrogen-bond acceptors (Lipinski definition) is 3. The van der Waals surface area contributed by atoms with Crippen molar-refractivity contribution < 1.29 is 4.79 Å². The first-order chi connectivity index (χ1) is 8.79. The van der Waals surface area contributed by atoms with Crippen molar-refractivity contribution in [2.24, 2.45) is 11.7 Å². The fraction of sp³-hybridized carbons (Fsp3) is 0.429. The van der Waals surface area contributed by atoms with E-state index in [0.29, 0.717) is 12.4 Å².